The van der Waals surface area contributed by atoms with E-state index in [2.05, 4.69) is 20.3 Å². The number of halogens is 1. The van der Waals surface area contributed by atoms with Gasteiger partial charge in [-0.1, -0.05) is 43.3 Å². The third-order valence-electron chi connectivity index (χ3n) is 5.78. The second-order valence-electron chi connectivity index (χ2n) is 7.73. The largest absolute Gasteiger partial charge is 0.361 e. The van der Waals surface area contributed by atoms with Crippen LogP contribution < -0.4 is 10.9 Å². The Hall–Kier alpha value is -4.00. The minimum Gasteiger partial charge on any atom is -0.361 e. The van der Waals surface area contributed by atoms with Gasteiger partial charge in [-0.05, 0) is 42.5 Å². The Balaban J connectivity index is 1.72. The van der Waals surface area contributed by atoms with E-state index in [0.717, 1.165) is 34.1 Å². The van der Waals surface area contributed by atoms with Crippen molar-refractivity contribution in [1.29, 1.82) is 0 Å². The van der Waals surface area contributed by atoms with Gasteiger partial charge in [0, 0.05) is 17.6 Å². The zero-order valence-corrected chi connectivity index (χ0v) is 17.8. The van der Waals surface area contributed by atoms with Crippen LogP contribution in [0.5, 0.6) is 0 Å². The van der Waals surface area contributed by atoms with E-state index in [9.17, 15) is 9.18 Å². The van der Waals surface area contributed by atoms with Crippen molar-refractivity contribution in [3.8, 4) is 5.69 Å². The average molecular weight is 427 g/mol. The van der Waals surface area contributed by atoms with Gasteiger partial charge in [-0.3, -0.25) is 9.36 Å². The first-order valence-corrected chi connectivity index (χ1v) is 10.6. The molecule has 2 aromatic carbocycles. The summed E-state index contributed by atoms with van der Waals surface area (Å²) in [6.45, 7) is 3.98. The Bertz CT molecular complexity index is 1490. The lowest BCUT2D eigenvalue weighted by Crippen LogP contribution is -2.26. The number of aromatic nitrogens is 4. The van der Waals surface area contributed by atoms with Gasteiger partial charge < -0.3 is 10.3 Å². The van der Waals surface area contributed by atoms with Crippen molar-refractivity contribution in [1.82, 2.24) is 19.5 Å². The molecule has 0 saturated heterocycles. The Labute approximate surface area is 183 Å². The Morgan fingerprint density at radius 3 is 2.69 bits per heavy atom. The normalized spacial score (nSPS) is 12.3. The number of H-pyrrole nitrogens is 1. The number of nitrogens with one attached hydrogen (secondary N) is 2. The monoisotopic (exact) mass is 427 g/mol. The lowest BCUT2D eigenvalue weighted by molar-refractivity contribution is 0.639. The van der Waals surface area contributed by atoms with Crippen LogP contribution in [0.15, 0.2) is 71.9 Å². The molecule has 5 aromatic rings. The number of pyridine rings is 1. The lowest BCUT2D eigenvalue weighted by atomic mass is 10.0. The number of hydrogen-bond donors (Lipinski definition) is 2. The van der Waals surface area contributed by atoms with E-state index in [1.807, 2.05) is 68.4 Å². The summed E-state index contributed by atoms with van der Waals surface area (Å²) in [5.41, 5.74) is 2.88. The third kappa shape index (κ3) is 3.22. The smallest absolute Gasteiger partial charge is 0.263 e. The molecule has 0 bridgehead atoms. The molecule has 3 aromatic heterocycles. The molecule has 0 spiro atoms. The topological polar surface area (TPSA) is 75.6 Å². The van der Waals surface area contributed by atoms with Crippen molar-refractivity contribution < 1.29 is 4.39 Å². The van der Waals surface area contributed by atoms with Crippen molar-refractivity contribution in [3.63, 3.8) is 0 Å². The number of aryl methyl sites for hydroxylation is 1. The molecule has 0 saturated carbocycles. The Morgan fingerprint density at radius 2 is 1.91 bits per heavy atom. The molecule has 3 heterocycles. The van der Waals surface area contributed by atoms with Crippen molar-refractivity contribution in [2.45, 2.75) is 26.3 Å². The minimum atomic E-state index is -0.429. The highest BCUT2D eigenvalue weighted by Crippen LogP contribution is 2.28. The van der Waals surface area contributed by atoms with E-state index >= 15 is 0 Å². The Kier molecular flexibility index (Phi) is 4.93. The third-order valence-corrected chi connectivity index (χ3v) is 5.78. The van der Waals surface area contributed by atoms with E-state index in [1.165, 1.54) is 12.5 Å². The highest BCUT2D eigenvalue weighted by Gasteiger charge is 2.20. The van der Waals surface area contributed by atoms with Crippen LogP contribution in [0.2, 0.25) is 0 Å². The molecule has 7 heteroatoms. The fourth-order valence-corrected chi connectivity index (χ4v) is 4.22. The molecule has 2 N–H and O–H groups in total. The minimum absolute atomic E-state index is 0.0736. The quantitative estimate of drug-likeness (QED) is 0.407. The first-order chi connectivity index (χ1) is 15.6. The number of benzene rings is 2. The molecule has 160 valence electrons. The second-order valence-corrected chi connectivity index (χ2v) is 7.73. The van der Waals surface area contributed by atoms with Gasteiger partial charge in [0.25, 0.3) is 5.56 Å². The zero-order valence-electron chi connectivity index (χ0n) is 17.8. The van der Waals surface area contributed by atoms with E-state index in [0.29, 0.717) is 16.9 Å². The highest BCUT2D eigenvalue weighted by atomic mass is 19.1. The fraction of sp³-hybridized carbons (Fsp3) is 0.160. The number of anilines is 1. The molecule has 5 rings (SSSR count). The summed E-state index contributed by atoms with van der Waals surface area (Å²) < 4.78 is 16.1. The maximum Gasteiger partial charge on any atom is 0.263 e. The number of rotatable bonds is 5. The predicted octanol–water partition coefficient (Wildman–Crippen LogP) is 5.14. The van der Waals surface area contributed by atoms with E-state index in [1.54, 1.807) is 4.57 Å². The summed E-state index contributed by atoms with van der Waals surface area (Å²) in [5, 5.41) is 5.18. The van der Waals surface area contributed by atoms with Gasteiger partial charge in [-0.2, -0.15) is 0 Å². The van der Waals surface area contributed by atoms with Crippen LogP contribution in [0.3, 0.4) is 0 Å². The summed E-state index contributed by atoms with van der Waals surface area (Å²) >= 11 is 0. The molecule has 0 radical (unpaired) electrons. The van der Waals surface area contributed by atoms with Gasteiger partial charge >= 0.3 is 0 Å². The number of aromatic amines is 1. The standard InChI is InChI=1S/C25H22FN5O/c1-3-16-8-7-9-17-12-20(31(25(32)21(16)17)18-10-5-4-6-11-18)15(2)30-24-22-19(26)13-27-23(22)28-14-29-24/h4-15H,3H2,1-2H3,(H2,27,28,29,30)/t15-/m0/s1. The average Bonchev–Trinajstić information content (AvgIpc) is 3.20. The maximum atomic E-state index is 14.4. The molecule has 0 fully saturated rings. The van der Waals surface area contributed by atoms with Crippen molar-refractivity contribution in [2.24, 2.45) is 0 Å². The van der Waals surface area contributed by atoms with Gasteiger partial charge in [0.05, 0.1) is 16.8 Å². The molecular weight excluding hydrogens is 405 g/mol. The van der Waals surface area contributed by atoms with Gasteiger partial charge in [0.15, 0.2) is 5.82 Å². The van der Waals surface area contributed by atoms with Gasteiger partial charge in [-0.15, -0.1) is 0 Å². The molecular formula is C25H22FN5O. The molecule has 0 aliphatic rings. The number of fused-ring (bicyclic) bond motifs is 2. The number of para-hydroxylation sites is 1. The molecule has 1 atom stereocenters. The molecule has 6 nitrogen and oxygen atoms in total. The van der Waals surface area contributed by atoms with Crippen LogP contribution in [0.25, 0.3) is 27.5 Å². The van der Waals surface area contributed by atoms with Crippen LogP contribution in [0.1, 0.15) is 31.1 Å². The summed E-state index contributed by atoms with van der Waals surface area (Å²) in [5.74, 6) is -0.0578. The molecule has 32 heavy (non-hydrogen) atoms. The van der Waals surface area contributed by atoms with Crippen LogP contribution in [0, 0.1) is 5.82 Å². The van der Waals surface area contributed by atoms with Gasteiger partial charge in [0.1, 0.15) is 17.8 Å². The van der Waals surface area contributed by atoms with E-state index in [-0.39, 0.29) is 11.6 Å². The van der Waals surface area contributed by atoms with Crippen LogP contribution >= 0.6 is 0 Å². The summed E-state index contributed by atoms with van der Waals surface area (Å²) in [6, 6.07) is 17.1. The zero-order chi connectivity index (χ0) is 22.2. The molecule has 0 amide bonds. The molecule has 0 aliphatic carbocycles. The van der Waals surface area contributed by atoms with Crippen molar-refractivity contribution >= 4 is 27.6 Å². The summed E-state index contributed by atoms with van der Waals surface area (Å²) in [4.78, 5) is 24.9. The summed E-state index contributed by atoms with van der Waals surface area (Å²) in [6.07, 6.45) is 3.41. The van der Waals surface area contributed by atoms with Crippen molar-refractivity contribution in [2.75, 3.05) is 5.32 Å². The van der Waals surface area contributed by atoms with E-state index < -0.39 is 5.82 Å². The van der Waals surface area contributed by atoms with Gasteiger partial charge in [-0.25, -0.2) is 14.4 Å². The number of nitrogens with zero attached hydrogens (tertiary/aromatic N) is 3. The second kappa shape index (κ2) is 7.92. The molecule has 0 unspecified atom stereocenters. The van der Waals surface area contributed by atoms with Gasteiger partial charge in [0.2, 0.25) is 0 Å². The molecule has 0 aliphatic heterocycles. The first kappa shape index (κ1) is 19.9. The van der Waals surface area contributed by atoms with Crippen molar-refractivity contribution in [3.05, 3.63) is 94.5 Å². The fourth-order valence-electron chi connectivity index (χ4n) is 4.22. The number of hydrogen-bond acceptors (Lipinski definition) is 4. The van der Waals surface area contributed by atoms with Crippen LogP contribution in [0.4, 0.5) is 10.2 Å². The first-order valence-electron chi connectivity index (χ1n) is 10.6. The van der Waals surface area contributed by atoms with Crippen LogP contribution in [-0.2, 0) is 6.42 Å². The maximum absolute atomic E-state index is 14.4. The predicted molar refractivity (Wildman–Crippen MR) is 125 cm³/mol. The van der Waals surface area contributed by atoms with Crippen LogP contribution in [-0.4, -0.2) is 19.5 Å². The Morgan fingerprint density at radius 1 is 1.09 bits per heavy atom. The SMILES string of the molecule is CCc1cccc2cc([C@H](C)Nc3ncnc4[nH]cc(F)c34)n(-c3ccccc3)c(=O)c12. The highest BCUT2D eigenvalue weighted by molar-refractivity contribution is 5.88. The van der Waals surface area contributed by atoms with E-state index in [4.69, 9.17) is 0 Å². The summed E-state index contributed by atoms with van der Waals surface area (Å²) in [7, 11) is 0. The lowest BCUT2D eigenvalue weighted by Gasteiger charge is -2.22.